The fourth-order valence-corrected chi connectivity index (χ4v) is 4.12. The van der Waals surface area contributed by atoms with E-state index in [1.165, 1.54) is 77.0 Å². The number of rotatable bonds is 13. The van der Waals surface area contributed by atoms with Crippen LogP contribution in [0.25, 0.3) is 0 Å². The zero-order chi connectivity index (χ0) is 15.1. The summed E-state index contributed by atoms with van der Waals surface area (Å²) in [5.74, 6) is 0.542. The van der Waals surface area contributed by atoms with Crippen molar-refractivity contribution in [1.82, 2.24) is 0 Å². The maximum Gasteiger partial charge on any atom is 0.310 e. The van der Waals surface area contributed by atoms with Crippen molar-refractivity contribution >= 4 is 5.97 Å². The van der Waals surface area contributed by atoms with Crippen LogP contribution < -0.4 is 0 Å². The van der Waals surface area contributed by atoms with Crippen molar-refractivity contribution in [3.05, 3.63) is 0 Å². The molecular formula is C19H34O2. The van der Waals surface area contributed by atoms with Crippen LogP contribution in [0.1, 0.15) is 96.8 Å². The molecule has 2 heteroatoms. The summed E-state index contributed by atoms with van der Waals surface area (Å²) in [5.41, 5.74) is -0.318. The highest BCUT2D eigenvalue weighted by Crippen LogP contribution is 2.60. The molecule has 0 unspecified atom stereocenters. The molecule has 0 amide bonds. The zero-order valence-electron chi connectivity index (χ0n) is 13.9. The van der Waals surface area contributed by atoms with Gasteiger partial charge < -0.3 is 5.11 Å². The molecule has 0 radical (unpaired) electrons. The van der Waals surface area contributed by atoms with E-state index in [4.69, 9.17) is 0 Å². The molecule has 0 aliphatic heterocycles. The molecule has 1 N–H and O–H groups in total. The lowest BCUT2D eigenvalue weighted by molar-refractivity contribution is -0.152. The van der Waals surface area contributed by atoms with Crippen molar-refractivity contribution in [3.63, 3.8) is 0 Å². The molecule has 0 aromatic carbocycles. The molecule has 0 bridgehead atoms. The minimum absolute atomic E-state index is 0.318. The first-order valence-corrected chi connectivity index (χ1v) is 9.45. The van der Waals surface area contributed by atoms with Gasteiger partial charge >= 0.3 is 5.97 Å². The number of hydrogen-bond acceptors (Lipinski definition) is 1. The first-order chi connectivity index (χ1) is 10.2. The third-order valence-corrected chi connectivity index (χ3v) is 5.70. The van der Waals surface area contributed by atoms with Crippen molar-refractivity contribution < 1.29 is 9.90 Å². The molecular weight excluding hydrogens is 260 g/mol. The predicted molar refractivity (Wildman–Crippen MR) is 87.4 cm³/mol. The molecule has 21 heavy (non-hydrogen) atoms. The smallest absolute Gasteiger partial charge is 0.310 e. The normalized spacial score (nSPS) is 18.9. The average molecular weight is 294 g/mol. The summed E-state index contributed by atoms with van der Waals surface area (Å²) in [6.45, 7) is 2.26. The van der Waals surface area contributed by atoms with Crippen LogP contribution in [0.15, 0.2) is 0 Å². The van der Waals surface area contributed by atoms with Crippen LogP contribution in [0.5, 0.6) is 0 Å². The van der Waals surface area contributed by atoms with E-state index in [2.05, 4.69) is 6.92 Å². The van der Waals surface area contributed by atoms with Crippen LogP contribution >= 0.6 is 0 Å². The second kappa shape index (κ2) is 8.19. The number of hydrogen-bond donors (Lipinski definition) is 1. The summed E-state index contributed by atoms with van der Waals surface area (Å²) in [5, 5.41) is 9.77. The lowest BCUT2D eigenvalue weighted by Crippen LogP contribution is -2.35. The van der Waals surface area contributed by atoms with Crippen molar-refractivity contribution in [3.8, 4) is 0 Å². The lowest BCUT2D eigenvalue weighted by atomic mass is 9.73. The van der Waals surface area contributed by atoms with Gasteiger partial charge in [0.1, 0.15) is 0 Å². The molecule has 0 saturated heterocycles. The van der Waals surface area contributed by atoms with Gasteiger partial charge in [0.2, 0.25) is 0 Å². The van der Waals surface area contributed by atoms with E-state index in [0.29, 0.717) is 11.8 Å². The number of carbonyl (C=O) groups is 1. The zero-order valence-corrected chi connectivity index (χ0v) is 13.9. The molecule has 2 rings (SSSR count). The molecule has 2 aliphatic carbocycles. The standard InChI is InChI=1S/C19H34O2/c1-2-3-4-5-6-7-8-9-10-15-19(18(20)21,16-11-12-16)17-13-14-17/h16-17H,2-15H2,1H3,(H,20,21). The largest absolute Gasteiger partial charge is 0.481 e. The first kappa shape index (κ1) is 16.8. The van der Waals surface area contributed by atoms with Crippen molar-refractivity contribution in [2.75, 3.05) is 0 Å². The highest BCUT2D eigenvalue weighted by molar-refractivity contribution is 5.76. The van der Waals surface area contributed by atoms with Gasteiger partial charge in [-0.3, -0.25) is 4.79 Å². The predicted octanol–water partition coefficient (Wildman–Crippen LogP) is 5.80. The second-order valence-electron chi connectivity index (χ2n) is 7.47. The van der Waals surface area contributed by atoms with Gasteiger partial charge in [0, 0.05) is 0 Å². The van der Waals surface area contributed by atoms with Crippen LogP contribution in [0, 0.1) is 17.3 Å². The van der Waals surface area contributed by atoms with E-state index in [-0.39, 0.29) is 5.41 Å². The fraction of sp³-hybridized carbons (Fsp3) is 0.947. The van der Waals surface area contributed by atoms with Crippen molar-refractivity contribution in [2.45, 2.75) is 96.8 Å². The summed E-state index contributed by atoms with van der Waals surface area (Å²) in [6, 6.07) is 0. The SMILES string of the molecule is CCCCCCCCCCCC(C(=O)O)(C1CC1)C1CC1. The van der Waals surface area contributed by atoms with Crippen LogP contribution in [-0.4, -0.2) is 11.1 Å². The molecule has 0 aromatic heterocycles. The minimum atomic E-state index is -0.480. The Morgan fingerprint density at radius 1 is 0.857 bits per heavy atom. The molecule has 2 fully saturated rings. The van der Waals surface area contributed by atoms with Crippen molar-refractivity contribution in [2.24, 2.45) is 17.3 Å². The summed E-state index contributed by atoms with van der Waals surface area (Å²) >= 11 is 0. The molecule has 0 spiro atoms. The lowest BCUT2D eigenvalue weighted by Gasteiger charge is -2.29. The number of carboxylic acid groups (broad SMARTS) is 1. The summed E-state index contributed by atoms with van der Waals surface area (Å²) in [7, 11) is 0. The van der Waals surface area contributed by atoms with E-state index >= 15 is 0 Å². The van der Waals surface area contributed by atoms with Crippen molar-refractivity contribution in [1.29, 1.82) is 0 Å². The summed E-state index contributed by atoms with van der Waals surface area (Å²) < 4.78 is 0. The van der Waals surface area contributed by atoms with Crippen LogP contribution in [0.2, 0.25) is 0 Å². The van der Waals surface area contributed by atoms with Gasteiger partial charge in [-0.2, -0.15) is 0 Å². The van der Waals surface area contributed by atoms with Crippen LogP contribution in [0.4, 0.5) is 0 Å². The molecule has 122 valence electrons. The Bertz CT molecular complexity index is 304. The molecule has 0 atom stereocenters. The Kier molecular flexibility index (Phi) is 6.57. The topological polar surface area (TPSA) is 37.3 Å². The molecule has 0 heterocycles. The Labute approximate surface area is 130 Å². The van der Waals surface area contributed by atoms with Gasteiger partial charge in [-0.1, -0.05) is 64.7 Å². The van der Waals surface area contributed by atoms with E-state index < -0.39 is 5.97 Å². The maximum atomic E-state index is 11.9. The molecule has 2 saturated carbocycles. The third kappa shape index (κ3) is 4.72. The van der Waals surface area contributed by atoms with E-state index in [1.807, 2.05) is 0 Å². The summed E-state index contributed by atoms with van der Waals surface area (Å²) in [6.07, 6.45) is 17.5. The maximum absolute atomic E-state index is 11.9. The van der Waals surface area contributed by atoms with Gasteiger partial charge in [0.05, 0.1) is 5.41 Å². The number of carboxylic acids is 1. The first-order valence-electron chi connectivity index (χ1n) is 9.45. The molecule has 2 aliphatic rings. The highest BCUT2D eigenvalue weighted by Gasteiger charge is 2.58. The van der Waals surface area contributed by atoms with Crippen LogP contribution in [0.3, 0.4) is 0 Å². The van der Waals surface area contributed by atoms with E-state index in [1.54, 1.807) is 0 Å². The Morgan fingerprint density at radius 2 is 1.29 bits per heavy atom. The Morgan fingerprint density at radius 3 is 1.67 bits per heavy atom. The quantitative estimate of drug-likeness (QED) is 0.436. The van der Waals surface area contributed by atoms with Gasteiger partial charge in [-0.05, 0) is 43.9 Å². The van der Waals surface area contributed by atoms with E-state index in [0.717, 1.165) is 12.8 Å². The molecule has 0 aromatic rings. The Balaban J connectivity index is 1.59. The summed E-state index contributed by atoms with van der Waals surface area (Å²) in [4.78, 5) is 11.9. The fourth-order valence-electron chi connectivity index (χ4n) is 4.12. The molecule has 2 nitrogen and oxygen atoms in total. The Hall–Kier alpha value is -0.530. The van der Waals surface area contributed by atoms with Gasteiger partial charge in [-0.15, -0.1) is 0 Å². The van der Waals surface area contributed by atoms with Gasteiger partial charge in [0.25, 0.3) is 0 Å². The highest BCUT2D eigenvalue weighted by atomic mass is 16.4. The number of aliphatic carboxylic acids is 1. The number of unbranched alkanes of at least 4 members (excludes halogenated alkanes) is 8. The van der Waals surface area contributed by atoms with Gasteiger partial charge in [-0.25, -0.2) is 0 Å². The third-order valence-electron chi connectivity index (χ3n) is 5.70. The monoisotopic (exact) mass is 294 g/mol. The minimum Gasteiger partial charge on any atom is -0.481 e. The second-order valence-corrected chi connectivity index (χ2v) is 7.47. The average Bonchev–Trinajstić information content (AvgIpc) is 3.33. The van der Waals surface area contributed by atoms with E-state index in [9.17, 15) is 9.90 Å². The van der Waals surface area contributed by atoms with Crippen LogP contribution in [-0.2, 0) is 4.79 Å². The van der Waals surface area contributed by atoms with Gasteiger partial charge in [0.15, 0.2) is 0 Å².